The summed E-state index contributed by atoms with van der Waals surface area (Å²) in [5.41, 5.74) is -1.35. The zero-order valence-corrected chi connectivity index (χ0v) is 14.5. The van der Waals surface area contributed by atoms with Gasteiger partial charge in [0.1, 0.15) is 12.0 Å². The second-order valence-electron chi connectivity index (χ2n) is 6.96. The fourth-order valence-corrected chi connectivity index (χ4v) is 3.39. The normalized spacial score (nSPS) is 29.6. The van der Waals surface area contributed by atoms with Crippen molar-refractivity contribution in [3.63, 3.8) is 0 Å². The van der Waals surface area contributed by atoms with Gasteiger partial charge in [0, 0.05) is 0 Å². The van der Waals surface area contributed by atoms with Crippen LogP contribution in [0.1, 0.15) is 6.92 Å². The van der Waals surface area contributed by atoms with Crippen LogP contribution in [0.15, 0.2) is 12.2 Å². The Balaban J connectivity index is 1.37. The number of aliphatic hydroxyl groups is 2. The van der Waals surface area contributed by atoms with E-state index in [0.29, 0.717) is 0 Å². The molecule has 2 bridgehead atoms. The van der Waals surface area contributed by atoms with Gasteiger partial charge in [-0.1, -0.05) is 12.2 Å². The smallest absolute Gasteiger partial charge is 0.316 e. The number of imide groups is 1. The van der Waals surface area contributed by atoms with Crippen molar-refractivity contribution in [3.05, 3.63) is 12.2 Å². The summed E-state index contributed by atoms with van der Waals surface area (Å²) in [6.07, 6.45) is 3.05. The van der Waals surface area contributed by atoms with Gasteiger partial charge in [-0.15, -0.1) is 0 Å². The van der Waals surface area contributed by atoms with Crippen LogP contribution >= 0.6 is 0 Å². The molecule has 0 aromatic heterocycles. The van der Waals surface area contributed by atoms with Crippen LogP contribution in [0.4, 0.5) is 0 Å². The first kappa shape index (κ1) is 19.0. The van der Waals surface area contributed by atoms with Gasteiger partial charge in [0.15, 0.2) is 0 Å². The quantitative estimate of drug-likeness (QED) is 0.217. The molecule has 2 unspecified atom stereocenters. The summed E-state index contributed by atoms with van der Waals surface area (Å²) in [5.74, 6) is -2.02. The van der Waals surface area contributed by atoms with Crippen molar-refractivity contribution in [2.45, 2.75) is 19.1 Å². The predicted octanol–water partition coefficient (Wildman–Crippen LogP) is -1.52. The molecule has 3 aliphatic heterocycles. The van der Waals surface area contributed by atoms with Crippen LogP contribution in [0.3, 0.4) is 0 Å². The average molecular weight is 369 g/mol. The molecule has 9 heteroatoms. The average Bonchev–Trinajstić information content (AvgIpc) is 3.32. The first-order valence-electron chi connectivity index (χ1n) is 8.58. The van der Waals surface area contributed by atoms with Gasteiger partial charge in [-0.25, -0.2) is 0 Å². The molecule has 3 aliphatic rings. The van der Waals surface area contributed by atoms with Gasteiger partial charge in [-0.2, -0.15) is 0 Å². The number of esters is 1. The lowest BCUT2D eigenvalue weighted by molar-refractivity contribution is -0.161. The number of carbonyl (C=O) groups excluding carboxylic acids is 3. The molecule has 144 valence electrons. The number of rotatable bonds is 9. The number of nitrogens with zero attached hydrogens (tertiary/aromatic N) is 1. The van der Waals surface area contributed by atoms with E-state index in [9.17, 15) is 14.4 Å². The van der Waals surface area contributed by atoms with Gasteiger partial charge in [-0.05, 0) is 6.92 Å². The Morgan fingerprint density at radius 2 is 1.69 bits per heavy atom. The molecular weight excluding hydrogens is 346 g/mol. The summed E-state index contributed by atoms with van der Waals surface area (Å²) < 4.78 is 15.8. The molecule has 2 N–H and O–H groups in total. The van der Waals surface area contributed by atoms with Crippen LogP contribution in [-0.4, -0.2) is 84.7 Å². The molecule has 0 aromatic carbocycles. The number of hydrogen-bond acceptors (Lipinski definition) is 8. The second kappa shape index (κ2) is 7.43. The van der Waals surface area contributed by atoms with Crippen molar-refractivity contribution >= 4 is 17.8 Å². The zero-order valence-electron chi connectivity index (χ0n) is 14.5. The van der Waals surface area contributed by atoms with E-state index in [1.54, 1.807) is 0 Å². The molecule has 4 atom stereocenters. The van der Waals surface area contributed by atoms with Gasteiger partial charge in [0.2, 0.25) is 11.8 Å². The van der Waals surface area contributed by atoms with Crippen molar-refractivity contribution in [2.24, 2.45) is 17.3 Å². The molecule has 2 saturated heterocycles. The van der Waals surface area contributed by atoms with E-state index in [1.807, 2.05) is 12.2 Å². The second-order valence-corrected chi connectivity index (χ2v) is 6.96. The molecule has 0 aromatic rings. The van der Waals surface area contributed by atoms with Gasteiger partial charge in [-0.3, -0.25) is 19.3 Å². The van der Waals surface area contributed by atoms with E-state index >= 15 is 0 Å². The Morgan fingerprint density at radius 3 is 2.23 bits per heavy atom. The highest BCUT2D eigenvalue weighted by Crippen LogP contribution is 2.44. The van der Waals surface area contributed by atoms with Crippen LogP contribution in [0.2, 0.25) is 0 Å². The Morgan fingerprint density at radius 1 is 1.12 bits per heavy atom. The number of carbonyl (C=O) groups is 3. The molecule has 0 aliphatic carbocycles. The fourth-order valence-electron chi connectivity index (χ4n) is 3.39. The molecule has 3 heterocycles. The molecule has 2 fully saturated rings. The van der Waals surface area contributed by atoms with Crippen molar-refractivity contribution < 1.29 is 38.8 Å². The van der Waals surface area contributed by atoms with E-state index in [-0.39, 0.29) is 50.4 Å². The lowest BCUT2D eigenvalue weighted by Crippen LogP contribution is -2.38. The first-order chi connectivity index (χ1) is 12.4. The van der Waals surface area contributed by atoms with E-state index in [4.69, 9.17) is 24.4 Å². The standard InChI is InChI=1S/C17H23NO8/c1-17(8-19,9-20)16(23)25-7-6-24-5-4-18-14(21)12-10-2-3-11(26-10)13(12)15(18)22/h2-3,10-13,19-20H,4-9H2,1H3/t10?,11?,12-,13+. The van der Waals surface area contributed by atoms with Gasteiger partial charge < -0.3 is 24.4 Å². The predicted molar refractivity (Wildman–Crippen MR) is 85.6 cm³/mol. The summed E-state index contributed by atoms with van der Waals surface area (Å²) in [4.78, 5) is 37.7. The molecular formula is C17H23NO8. The lowest BCUT2D eigenvalue weighted by Gasteiger charge is -2.22. The Bertz CT molecular complexity index is 584. The highest BCUT2D eigenvalue weighted by Gasteiger charge is 2.60. The Labute approximate surface area is 150 Å². The molecule has 0 radical (unpaired) electrons. The molecule has 0 saturated carbocycles. The van der Waals surface area contributed by atoms with Gasteiger partial charge in [0.25, 0.3) is 0 Å². The molecule has 2 amide bonds. The summed E-state index contributed by atoms with van der Waals surface area (Å²) in [7, 11) is 0. The SMILES string of the molecule is CC(CO)(CO)C(=O)OCCOCCN1C(=O)[C@@H]2C3C=CC(O3)[C@@H]2C1=O. The fraction of sp³-hybridized carbons (Fsp3) is 0.706. The van der Waals surface area contributed by atoms with Crippen LogP contribution in [-0.2, 0) is 28.6 Å². The Hall–Kier alpha value is -1.81. The largest absolute Gasteiger partial charge is 0.463 e. The summed E-state index contributed by atoms with van der Waals surface area (Å²) >= 11 is 0. The maximum Gasteiger partial charge on any atom is 0.316 e. The first-order valence-corrected chi connectivity index (χ1v) is 8.58. The third-order valence-corrected chi connectivity index (χ3v) is 5.11. The minimum absolute atomic E-state index is 0.0521. The minimum Gasteiger partial charge on any atom is -0.463 e. The topological polar surface area (TPSA) is 123 Å². The number of aliphatic hydroxyl groups excluding tert-OH is 2. The number of hydrogen-bond donors (Lipinski definition) is 2. The van der Waals surface area contributed by atoms with Crippen LogP contribution in [0, 0.1) is 17.3 Å². The zero-order chi connectivity index (χ0) is 18.9. The molecule has 26 heavy (non-hydrogen) atoms. The maximum absolute atomic E-state index is 12.4. The van der Waals surface area contributed by atoms with Crippen molar-refractivity contribution in [3.8, 4) is 0 Å². The highest BCUT2D eigenvalue weighted by molar-refractivity contribution is 6.06. The van der Waals surface area contributed by atoms with Crippen molar-refractivity contribution in [1.29, 1.82) is 0 Å². The maximum atomic E-state index is 12.4. The van der Waals surface area contributed by atoms with E-state index in [2.05, 4.69) is 0 Å². The van der Waals surface area contributed by atoms with Gasteiger partial charge in [0.05, 0.1) is 57.0 Å². The van der Waals surface area contributed by atoms with E-state index in [0.717, 1.165) is 0 Å². The third kappa shape index (κ3) is 3.16. The lowest BCUT2D eigenvalue weighted by atomic mass is 9.85. The van der Waals surface area contributed by atoms with Crippen molar-refractivity contribution in [1.82, 2.24) is 4.90 Å². The number of amides is 2. The van der Waals surface area contributed by atoms with Crippen LogP contribution in [0.5, 0.6) is 0 Å². The number of fused-ring (bicyclic) bond motifs is 5. The summed E-state index contributed by atoms with van der Waals surface area (Å²) in [6.45, 7) is 0.652. The van der Waals surface area contributed by atoms with Crippen LogP contribution in [0.25, 0.3) is 0 Å². The number of ether oxygens (including phenoxy) is 3. The monoisotopic (exact) mass is 369 g/mol. The third-order valence-electron chi connectivity index (χ3n) is 5.11. The van der Waals surface area contributed by atoms with Crippen LogP contribution < -0.4 is 0 Å². The molecule has 3 rings (SSSR count). The summed E-state index contributed by atoms with van der Waals surface area (Å²) in [6, 6.07) is 0. The molecule has 9 nitrogen and oxygen atoms in total. The van der Waals surface area contributed by atoms with E-state index in [1.165, 1.54) is 11.8 Å². The molecule has 0 spiro atoms. The Kier molecular flexibility index (Phi) is 5.42. The van der Waals surface area contributed by atoms with Gasteiger partial charge >= 0.3 is 5.97 Å². The number of likely N-dealkylation sites (tertiary alicyclic amines) is 1. The van der Waals surface area contributed by atoms with E-state index < -0.39 is 36.4 Å². The summed E-state index contributed by atoms with van der Waals surface area (Å²) in [5, 5.41) is 18.2. The van der Waals surface area contributed by atoms with Crippen molar-refractivity contribution in [2.75, 3.05) is 39.6 Å². The minimum atomic E-state index is -1.35. The highest BCUT2D eigenvalue weighted by atomic mass is 16.6.